The van der Waals surface area contributed by atoms with Crippen molar-refractivity contribution < 1.29 is 0 Å². The van der Waals surface area contributed by atoms with Gasteiger partial charge in [-0.1, -0.05) is 26.2 Å². The third-order valence-electron chi connectivity index (χ3n) is 4.59. The fourth-order valence-corrected chi connectivity index (χ4v) is 3.51. The summed E-state index contributed by atoms with van der Waals surface area (Å²) in [6.07, 6.45) is 12.4. The van der Waals surface area contributed by atoms with Gasteiger partial charge in [-0.3, -0.25) is 4.68 Å². The molecule has 0 radical (unpaired) electrons. The summed E-state index contributed by atoms with van der Waals surface area (Å²) in [5, 5.41) is 8.06. The number of nitrogens with one attached hydrogen (secondary N) is 1. The van der Waals surface area contributed by atoms with Crippen molar-refractivity contribution in [3.63, 3.8) is 0 Å². The van der Waals surface area contributed by atoms with E-state index < -0.39 is 0 Å². The molecule has 2 rings (SSSR count). The van der Waals surface area contributed by atoms with E-state index in [-0.39, 0.29) is 0 Å². The van der Waals surface area contributed by atoms with Gasteiger partial charge in [-0.05, 0) is 38.8 Å². The monoisotopic (exact) mass is 292 g/mol. The molecule has 0 amide bonds. The minimum absolute atomic E-state index is 0.645. The van der Waals surface area contributed by atoms with E-state index in [1.165, 1.54) is 44.1 Å². The van der Waals surface area contributed by atoms with E-state index in [2.05, 4.69) is 35.5 Å². The predicted molar refractivity (Wildman–Crippen MR) is 88.2 cm³/mol. The zero-order valence-electron chi connectivity index (χ0n) is 14.0. The summed E-state index contributed by atoms with van der Waals surface area (Å²) in [7, 11) is 4.22. The Hall–Kier alpha value is -0.870. The Balaban J connectivity index is 1.86. The molecule has 1 atom stereocenters. The van der Waals surface area contributed by atoms with Gasteiger partial charge in [0, 0.05) is 37.9 Å². The molecular formula is C17H32N4. The molecule has 1 aliphatic carbocycles. The van der Waals surface area contributed by atoms with E-state index in [4.69, 9.17) is 0 Å². The first-order chi connectivity index (χ1) is 10.2. The van der Waals surface area contributed by atoms with Gasteiger partial charge < -0.3 is 10.2 Å². The molecule has 1 aliphatic rings. The molecule has 1 aromatic heterocycles. The van der Waals surface area contributed by atoms with E-state index in [0.29, 0.717) is 6.04 Å². The number of aryl methyl sites for hydroxylation is 1. The summed E-state index contributed by atoms with van der Waals surface area (Å²) >= 11 is 0. The van der Waals surface area contributed by atoms with Crippen LogP contribution in [0.3, 0.4) is 0 Å². The van der Waals surface area contributed by atoms with Crippen molar-refractivity contribution in [1.29, 1.82) is 0 Å². The minimum Gasteiger partial charge on any atom is -0.312 e. The van der Waals surface area contributed by atoms with E-state index >= 15 is 0 Å². The molecule has 0 spiro atoms. The van der Waals surface area contributed by atoms with E-state index in [9.17, 15) is 0 Å². The smallest absolute Gasteiger partial charge is 0.0534 e. The first kappa shape index (κ1) is 16.5. The Morgan fingerprint density at radius 1 is 1.38 bits per heavy atom. The van der Waals surface area contributed by atoms with Gasteiger partial charge in [-0.15, -0.1) is 0 Å². The SMILES string of the molecule is CCCNC(CN(C)Cc1cnn(C)c1)C1CCCCC1. The van der Waals surface area contributed by atoms with Crippen LogP contribution in [0.2, 0.25) is 0 Å². The van der Waals surface area contributed by atoms with E-state index in [0.717, 1.165) is 25.6 Å². The fourth-order valence-electron chi connectivity index (χ4n) is 3.51. The molecule has 21 heavy (non-hydrogen) atoms. The number of hydrogen-bond donors (Lipinski definition) is 1. The van der Waals surface area contributed by atoms with Crippen LogP contribution in [-0.4, -0.2) is 40.9 Å². The number of aromatic nitrogens is 2. The molecule has 0 bridgehead atoms. The number of rotatable bonds is 8. The highest BCUT2D eigenvalue weighted by Crippen LogP contribution is 2.27. The van der Waals surface area contributed by atoms with Crippen molar-refractivity contribution in [3.05, 3.63) is 18.0 Å². The van der Waals surface area contributed by atoms with Crippen LogP contribution in [0.25, 0.3) is 0 Å². The van der Waals surface area contributed by atoms with Crippen molar-refractivity contribution in [1.82, 2.24) is 20.0 Å². The van der Waals surface area contributed by atoms with Crippen LogP contribution in [-0.2, 0) is 13.6 Å². The second kappa shape index (κ2) is 8.54. The molecule has 120 valence electrons. The Kier molecular flexibility index (Phi) is 6.71. The minimum atomic E-state index is 0.645. The topological polar surface area (TPSA) is 33.1 Å². The quantitative estimate of drug-likeness (QED) is 0.800. The third-order valence-corrected chi connectivity index (χ3v) is 4.59. The first-order valence-corrected chi connectivity index (χ1v) is 8.58. The Morgan fingerprint density at radius 2 is 2.14 bits per heavy atom. The maximum absolute atomic E-state index is 4.26. The molecule has 1 unspecified atom stereocenters. The molecule has 4 nitrogen and oxygen atoms in total. The van der Waals surface area contributed by atoms with E-state index in [1.807, 2.05) is 17.9 Å². The average molecular weight is 292 g/mol. The second-order valence-corrected chi connectivity index (χ2v) is 6.68. The van der Waals surface area contributed by atoms with Crippen LogP contribution < -0.4 is 5.32 Å². The molecule has 4 heteroatoms. The van der Waals surface area contributed by atoms with Gasteiger partial charge in [-0.2, -0.15) is 5.10 Å². The lowest BCUT2D eigenvalue weighted by Crippen LogP contribution is -2.45. The Labute approximate surface area is 129 Å². The lowest BCUT2D eigenvalue weighted by atomic mass is 9.83. The number of likely N-dealkylation sites (N-methyl/N-ethyl adjacent to an activating group) is 1. The van der Waals surface area contributed by atoms with Crippen molar-refractivity contribution in [2.24, 2.45) is 13.0 Å². The van der Waals surface area contributed by atoms with Crippen molar-refractivity contribution in [3.8, 4) is 0 Å². The van der Waals surface area contributed by atoms with Crippen molar-refractivity contribution >= 4 is 0 Å². The summed E-state index contributed by atoms with van der Waals surface area (Å²) in [6.45, 7) is 5.52. The molecular weight excluding hydrogens is 260 g/mol. The molecule has 1 saturated carbocycles. The van der Waals surface area contributed by atoms with Crippen molar-refractivity contribution in [2.45, 2.75) is 58.0 Å². The zero-order valence-corrected chi connectivity index (χ0v) is 14.0. The normalized spacial score (nSPS) is 18.3. The molecule has 1 heterocycles. The van der Waals surface area contributed by atoms with Crippen LogP contribution in [0.5, 0.6) is 0 Å². The Bertz CT molecular complexity index is 395. The van der Waals surface area contributed by atoms with Gasteiger partial charge in [0.1, 0.15) is 0 Å². The van der Waals surface area contributed by atoms with Crippen LogP contribution in [0, 0.1) is 5.92 Å². The fraction of sp³-hybridized carbons (Fsp3) is 0.824. The van der Waals surface area contributed by atoms with E-state index in [1.54, 1.807) is 0 Å². The van der Waals surface area contributed by atoms with Gasteiger partial charge >= 0.3 is 0 Å². The van der Waals surface area contributed by atoms with Crippen LogP contribution in [0.15, 0.2) is 12.4 Å². The standard InChI is InChI=1S/C17H32N4/c1-4-10-18-17(16-8-6-5-7-9-16)14-20(2)12-15-11-19-21(3)13-15/h11,13,16-18H,4-10,12,14H2,1-3H3. The second-order valence-electron chi connectivity index (χ2n) is 6.68. The summed E-state index contributed by atoms with van der Waals surface area (Å²) in [4.78, 5) is 2.44. The molecule has 1 fully saturated rings. The van der Waals surface area contributed by atoms with Gasteiger partial charge in [0.25, 0.3) is 0 Å². The molecule has 0 saturated heterocycles. The highest BCUT2D eigenvalue weighted by Gasteiger charge is 2.24. The number of nitrogens with zero attached hydrogens (tertiary/aromatic N) is 3. The zero-order chi connectivity index (χ0) is 15.1. The predicted octanol–water partition coefficient (Wildman–Crippen LogP) is 2.80. The lowest BCUT2D eigenvalue weighted by molar-refractivity contribution is 0.201. The third kappa shape index (κ3) is 5.44. The van der Waals surface area contributed by atoms with Crippen LogP contribution >= 0.6 is 0 Å². The molecule has 0 aromatic carbocycles. The lowest BCUT2D eigenvalue weighted by Gasteiger charge is -2.34. The summed E-state index contributed by atoms with van der Waals surface area (Å²) in [6, 6.07) is 0.645. The number of hydrogen-bond acceptors (Lipinski definition) is 3. The maximum Gasteiger partial charge on any atom is 0.0534 e. The van der Waals surface area contributed by atoms with Gasteiger partial charge in [-0.25, -0.2) is 0 Å². The van der Waals surface area contributed by atoms with Crippen molar-refractivity contribution in [2.75, 3.05) is 20.1 Å². The van der Waals surface area contributed by atoms with Gasteiger partial charge in [0.2, 0.25) is 0 Å². The Morgan fingerprint density at radius 3 is 2.76 bits per heavy atom. The summed E-state index contributed by atoms with van der Waals surface area (Å²) < 4.78 is 1.89. The molecule has 0 aliphatic heterocycles. The molecule has 1 aromatic rings. The largest absolute Gasteiger partial charge is 0.312 e. The van der Waals surface area contributed by atoms with Crippen LogP contribution in [0.4, 0.5) is 0 Å². The maximum atomic E-state index is 4.26. The van der Waals surface area contributed by atoms with Crippen LogP contribution in [0.1, 0.15) is 51.0 Å². The highest BCUT2D eigenvalue weighted by atomic mass is 15.2. The molecule has 1 N–H and O–H groups in total. The summed E-state index contributed by atoms with van der Waals surface area (Å²) in [5.41, 5.74) is 1.30. The first-order valence-electron chi connectivity index (χ1n) is 8.58. The summed E-state index contributed by atoms with van der Waals surface area (Å²) in [5.74, 6) is 0.863. The van der Waals surface area contributed by atoms with Gasteiger partial charge in [0.15, 0.2) is 0 Å². The highest BCUT2D eigenvalue weighted by molar-refractivity contribution is 5.03. The van der Waals surface area contributed by atoms with Gasteiger partial charge in [0.05, 0.1) is 6.20 Å². The average Bonchev–Trinajstić information content (AvgIpc) is 2.89.